The Kier molecular flexibility index (Phi) is 2.82. The third-order valence-electron chi connectivity index (χ3n) is 1.56. The fraction of sp³-hybridized carbons (Fsp3) is 1.00. The smallest absolute Gasteiger partial charge is 0.0807 e. The van der Waals surface area contributed by atoms with Crippen molar-refractivity contribution in [2.24, 2.45) is 0 Å². The summed E-state index contributed by atoms with van der Waals surface area (Å²) in [5.74, 6) is 1.97. The molecule has 0 aromatic carbocycles. The van der Waals surface area contributed by atoms with Crippen LogP contribution >= 0.6 is 11.8 Å². The normalized spacial score (nSPS) is 38.0. The van der Waals surface area contributed by atoms with Crippen molar-refractivity contribution in [2.45, 2.75) is 25.0 Å². The topological polar surface area (TPSA) is 40.5 Å². The molecule has 1 saturated heterocycles. The van der Waals surface area contributed by atoms with E-state index in [1.807, 2.05) is 0 Å². The van der Waals surface area contributed by atoms with Gasteiger partial charge in [0.15, 0.2) is 0 Å². The maximum absolute atomic E-state index is 9.09. The van der Waals surface area contributed by atoms with Crippen molar-refractivity contribution < 1.29 is 10.2 Å². The Morgan fingerprint density at radius 2 is 1.44 bits per heavy atom. The molecule has 2 N–H and O–H groups in total. The molecule has 54 valence electrons. The van der Waals surface area contributed by atoms with E-state index in [0.717, 1.165) is 24.3 Å². The highest BCUT2D eigenvalue weighted by Gasteiger charge is 2.18. The lowest BCUT2D eigenvalue weighted by Crippen LogP contribution is -2.24. The summed E-state index contributed by atoms with van der Waals surface area (Å²) in [6.07, 6.45) is 0.539. The van der Waals surface area contributed by atoms with Crippen LogP contribution in [0.1, 0.15) is 12.8 Å². The second-order valence-corrected chi connectivity index (χ2v) is 3.55. The maximum atomic E-state index is 9.09. The third-order valence-corrected chi connectivity index (χ3v) is 2.61. The fourth-order valence-electron chi connectivity index (χ4n) is 0.895. The summed E-state index contributed by atoms with van der Waals surface area (Å²) in [5, 5.41) is 18.2. The molecule has 0 bridgehead atoms. The first kappa shape index (κ1) is 7.38. The first-order valence-electron chi connectivity index (χ1n) is 3.24. The SMILES string of the molecule is O[C@H]1CCSCC[C@@H]1O. The predicted molar refractivity (Wildman–Crippen MR) is 38.6 cm³/mol. The second kappa shape index (κ2) is 3.44. The van der Waals surface area contributed by atoms with Gasteiger partial charge in [-0.15, -0.1) is 0 Å². The van der Waals surface area contributed by atoms with E-state index in [1.54, 1.807) is 11.8 Å². The molecular weight excluding hydrogens is 136 g/mol. The number of aliphatic hydroxyl groups is 2. The van der Waals surface area contributed by atoms with Crippen LogP contribution in [0.4, 0.5) is 0 Å². The van der Waals surface area contributed by atoms with E-state index in [2.05, 4.69) is 0 Å². The van der Waals surface area contributed by atoms with Gasteiger partial charge in [-0.3, -0.25) is 0 Å². The summed E-state index contributed by atoms with van der Waals surface area (Å²) >= 11 is 1.80. The van der Waals surface area contributed by atoms with E-state index in [0.29, 0.717) is 0 Å². The average Bonchev–Trinajstić information content (AvgIpc) is 1.99. The van der Waals surface area contributed by atoms with Crippen LogP contribution in [0.2, 0.25) is 0 Å². The van der Waals surface area contributed by atoms with Crippen LogP contribution in [0, 0.1) is 0 Å². The molecular formula is C6H12O2S. The molecule has 1 aliphatic heterocycles. The van der Waals surface area contributed by atoms with Crippen LogP contribution in [-0.4, -0.2) is 33.9 Å². The second-order valence-electron chi connectivity index (χ2n) is 2.32. The zero-order valence-corrected chi connectivity index (χ0v) is 6.10. The zero-order valence-electron chi connectivity index (χ0n) is 5.29. The lowest BCUT2D eigenvalue weighted by molar-refractivity contribution is 0.0187. The lowest BCUT2D eigenvalue weighted by atomic mass is 10.1. The van der Waals surface area contributed by atoms with Crippen molar-refractivity contribution in [1.82, 2.24) is 0 Å². The molecule has 1 fully saturated rings. The largest absolute Gasteiger partial charge is 0.390 e. The van der Waals surface area contributed by atoms with Crippen LogP contribution in [-0.2, 0) is 0 Å². The highest BCUT2D eigenvalue weighted by atomic mass is 32.2. The Labute approximate surface area is 59.3 Å². The molecule has 1 heterocycles. The third kappa shape index (κ3) is 2.16. The molecule has 9 heavy (non-hydrogen) atoms. The minimum absolute atomic E-state index is 0.472. The van der Waals surface area contributed by atoms with E-state index < -0.39 is 12.2 Å². The summed E-state index contributed by atoms with van der Waals surface area (Å²) in [6, 6.07) is 0. The summed E-state index contributed by atoms with van der Waals surface area (Å²) < 4.78 is 0. The molecule has 0 amide bonds. The monoisotopic (exact) mass is 148 g/mol. The zero-order chi connectivity index (χ0) is 6.69. The van der Waals surface area contributed by atoms with Gasteiger partial charge in [0.05, 0.1) is 12.2 Å². The highest BCUT2D eigenvalue weighted by molar-refractivity contribution is 7.99. The Balaban J connectivity index is 2.32. The van der Waals surface area contributed by atoms with E-state index in [4.69, 9.17) is 10.2 Å². The fourth-order valence-corrected chi connectivity index (χ4v) is 1.92. The molecule has 2 nitrogen and oxygen atoms in total. The minimum Gasteiger partial charge on any atom is -0.390 e. The van der Waals surface area contributed by atoms with Crippen LogP contribution in [0.25, 0.3) is 0 Å². The van der Waals surface area contributed by atoms with E-state index >= 15 is 0 Å². The van der Waals surface area contributed by atoms with Crippen molar-refractivity contribution in [3.63, 3.8) is 0 Å². The van der Waals surface area contributed by atoms with Crippen LogP contribution in [0.3, 0.4) is 0 Å². The first-order valence-corrected chi connectivity index (χ1v) is 4.40. The standard InChI is InChI=1S/C6H12O2S/c7-5-1-3-9-4-2-6(5)8/h5-8H,1-4H2/t5-,6-/m0/s1. The minimum atomic E-state index is -0.472. The molecule has 0 radical (unpaired) electrons. The average molecular weight is 148 g/mol. The molecule has 1 rings (SSSR count). The maximum Gasteiger partial charge on any atom is 0.0807 e. The molecule has 0 aromatic heterocycles. The van der Waals surface area contributed by atoms with E-state index in [1.165, 1.54) is 0 Å². The molecule has 0 saturated carbocycles. The van der Waals surface area contributed by atoms with E-state index in [9.17, 15) is 0 Å². The number of rotatable bonds is 0. The lowest BCUT2D eigenvalue weighted by Gasteiger charge is -2.11. The molecule has 0 aliphatic carbocycles. The number of hydrogen-bond acceptors (Lipinski definition) is 3. The van der Waals surface area contributed by atoms with Gasteiger partial charge >= 0.3 is 0 Å². The molecule has 1 aliphatic rings. The van der Waals surface area contributed by atoms with Gasteiger partial charge < -0.3 is 10.2 Å². The molecule has 0 aromatic rings. The van der Waals surface area contributed by atoms with Crippen molar-refractivity contribution in [2.75, 3.05) is 11.5 Å². The Morgan fingerprint density at radius 1 is 1.00 bits per heavy atom. The van der Waals surface area contributed by atoms with Crippen molar-refractivity contribution in [3.8, 4) is 0 Å². The summed E-state index contributed by atoms with van der Waals surface area (Å²) in [4.78, 5) is 0. The molecule has 2 atom stereocenters. The summed E-state index contributed by atoms with van der Waals surface area (Å²) in [6.45, 7) is 0. The van der Waals surface area contributed by atoms with Gasteiger partial charge in [0.1, 0.15) is 0 Å². The Hall–Kier alpha value is 0.270. The molecule has 3 heteroatoms. The summed E-state index contributed by atoms with van der Waals surface area (Å²) in [7, 11) is 0. The highest BCUT2D eigenvalue weighted by Crippen LogP contribution is 2.16. The van der Waals surface area contributed by atoms with Gasteiger partial charge in [-0.25, -0.2) is 0 Å². The quantitative estimate of drug-likeness (QED) is 0.517. The van der Waals surface area contributed by atoms with Crippen LogP contribution in [0.5, 0.6) is 0 Å². The molecule has 0 unspecified atom stereocenters. The number of aliphatic hydroxyl groups excluding tert-OH is 2. The Morgan fingerprint density at radius 3 is 1.89 bits per heavy atom. The van der Waals surface area contributed by atoms with Gasteiger partial charge in [-0.1, -0.05) is 0 Å². The van der Waals surface area contributed by atoms with Gasteiger partial charge in [0.25, 0.3) is 0 Å². The van der Waals surface area contributed by atoms with E-state index in [-0.39, 0.29) is 0 Å². The number of thioether (sulfide) groups is 1. The van der Waals surface area contributed by atoms with Gasteiger partial charge in [0, 0.05) is 0 Å². The van der Waals surface area contributed by atoms with Crippen molar-refractivity contribution in [1.29, 1.82) is 0 Å². The van der Waals surface area contributed by atoms with Gasteiger partial charge in [-0.2, -0.15) is 11.8 Å². The van der Waals surface area contributed by atoms with Crippen molar-refractivity contribution >= 4 is 11.8 Å². The predicted octanol–water partition coefficient (Wildman–Crippen LogP) is 0.235. The summed E-state index contributed by atoms with van der Waals surface area (Å²) in [5.41, 5.74) is 0. The first-order chi connectivity index (χ1) is 4.30. The Bertz CT molecular complexity index is 77.1. The molecule has 0 spiro atoms. The van der Waals surface area contributed by atoms with Gasteiger partial charge in [0.2, 0.25) is 0 Å². The van der Waals surface area contributed by atoms with Crippen LogP contribution in [0.15, 0.2) is 0 Å². The number of hydrogen-bond donors (Lipinski definition) is 2. The van der Waals surface area contributed by atoms with Crippen molar-refractivity contribution in [3.05, 3.63) is 0 Å². The van der Waals surface area contributed by atoms with Gasteiger partial charge in [-0.05, 0) is 24.3 Å². The van der Waals surface area contributed by atoms with Crippen LogP contribution < -0.4 is 0 Å².